The van der Waals surface area contributed by atoms with Crippen LogP contribution in [-0.2, 0) is 4.74 Å². The quantitative estimate of drug-likeness (QED) is 0.350. The Kier molecular flexibility index (Phi) is 6.78. The number of hydrogen-bond acceptors (Lipinski definition) is 3. The highest BCUT2D eigenvalue weighted by molar-refractivity contribution is 4.87. The van der Waals surface area contributed by atoms with E-state index in [0.717, 1.165) is 19.3 Å². The minimum atomic E-state index is 0.156. The summed E-state index contributed by atoms with van der Waals surface area (Å²) in [6.45, 7) is 2.06. The maximum absolute atomic E-state index is 5.37. The fraction of sp³-hybridized carbons (Fsp3) is 0.778. The summed E-state index contributed by atoms with van der Waals surface area (Å²) in [5.74, 6) is 7.95. The van der Waals surface area contributed by atoms with Crippen molar-refractivity contribution in [1.29, 1.82) is 0 Å². The molecule has 0 rings (SSSR count). The maximum Gasteiger partial charge on any atom is 0.0735 e. The third-order valence-electron chi connectivity index (χ3n) is 1.97. The van der Waals surface area contributed by atoms with Gasteiger partial charge in [-0.05, 0) is 12.8 Å². The number of nitrogens with one attached hydrogen (secondary N) is 1. The lowest BCUT2D eigenvalue weighted by Crippen LogP contribution is -2.44. The second-order valence-corrected chi connectivity index (χ2v) is 2.70. The molecule has 0 aromatic rings. The van der Waals surface area contributed by atoms with Crippen LogP contribution in [0.5, 0.6) is 0 Å². The predicted molar refractivity (Wildman–Crippen MR) is 50.3 cm³/mol. The molecule has 3 N–H and O–H groups in total. The second-order valence-electron chi connectivity index (χ2n) is 2.70. The molecule has 3 heteroatoms. The lowest BCUT2D eigenvalue weighted by Gasteiger charge is -2.23. The molecular formula is C9H18N2O. The molecule has 0 aliphatic heterocycles. The Morgan fingerprint density at radius 3 is 2.67 bits per heavy atom. The minimum absolute atomic E-state index is 0.156. The molecule has 3 nitrogen and oxygen atoms in total. The van der Waals surface area contributed by atoms with Crippen molar-refractivity contribution in [2.24, 2.45) is 5.84 Å². The number of rotatable bonds is 6. The molecule has 0 aromatic carbocycles. The summed E-state index contributed by atoms with van der Waals surface area (Å²) in [6.07, 6.45) is 7.84. The van der Waals surface area contributed by atoms with E-state index in [9.17, 15) is 0 Å². The van der Waals surface area contributed by atoms with Crippen molar-refractivity contribution in [2.75, 3.05) is 7.11 Å². The summed E-state index contributed by atoms with van der Waals surface area (Å²) in [6, 6.07) is 0.163. The largest absolute Gasteiger partial charge is 0.380 e. The van der Waals surface area contributed by atoms with E-state index in [-0.39, 0.29) is 12.1 Å². The Balaban J connectivity index is 3.85. The zero-order chi connectivity index (χ0) is 9.40. The van der Waals surface area contributed by atoms with Gasteiger partial charge in [-0.1, -0.05) is 6.92 Å². The molecule has 0 radical (unpaired) electrons. The normalized spacial score (nSPS) is 15.2. The molecule has 0 aromatic heterocycles. The van der Waals surface area contributed by atoms with Crippen molar-refractivity contribution in [3.05, 3.63) is 0 Å². The predicted octanol–water partition coefficient (Wildman–Crippen LogP) is 0.657. The van der Waals surface area contributed by atoms with Gasteiger partial charge >= 0.3 is 0 Å². The van der Waals surface area contributed by atoms with Crippen LogP contribution in [0, 0.1) is 12.3 Å². The average Bonchev–Trinajstić information content (AvgIpc) is 2.12. The average molecular weight is 170 g/mol. The van der Waals surface area contributed by atoms with Crippen molar-refractivity contribution in [1.82, 2.24) is 5.43 Å². The molecule has 70 valence electrons. The Hall–Kier alpha value is -0.560. The number of methoxy groups -OCH3 is 1. The zero-order valence-corrected chi connectivity index (χ0v) is 7.84. The number of ether oxygens (including phenoxy) is 1. The molecule has 0 fully saturated rings. The molecule has 0 amide bonds. The monoisotopic (exact) mass is 170 g/mol. The van der Waals surface area contributed by atoms with Gasteiger partial charge in [-0.15, -0.1) is 12.3 Å². The van der Waals surface area contributed by atoms with Gasteiger partial charge in [0.15, 0.2) is 0 Å². The molecule has 2 unspecified atom stereocenters. The van der Waals surface area contributed by atoms with E-state index in [2.05, 4.69) is 18.3 Å². The Morgan fingerprint density at radius 1 is 1.67 bits per heavy atom. The van der Waals surface area contributed by atoms with Crippen molar-refractivity contribution >= 4 is 0 Å². The Morgan fingerprint density at radius 2 is 2.33 bits per heavy atom. The number of terminal acetylenes is 1. The summed E-state index contributed by atoms with van der Waals surface area (Å²) < 4.78 is 5.24. The first kappa shape index (κ1) is 11.4. The molecule has 0 saturated heterocycles. The SMILES string of the molecule is C#CCCC(NN)C(CC)OC. The molecule has 0 saturated carbocycles. The van der Waals surface area contributed by atoms with Crippen molar-refractivity contribution < 1.29 is 4.74 Å². The van der Waals surface area contributed by atoms with Gasteiger partial charge in [0.25, 0.3) is 0 Å². The topological polar surface area (TPSA) is 47.3 Å². The molecular weight excluding hydrogens is 152 g/mol. The third-order valence-corrected chi connectivity index (χ3v) is 1.97. The minimum Gasteiger partial charge on any atom is -0.380 e. The number of hydrazine groups is 1. The Labute approximate surface area is 74.6 Å². The molecule has 0 aliphatic carbocycles. The fourth-order valence-corrected chi connectivity index (χ4v) is 1.23. The molecule has 0 heterocycles. The number of hydrogen-bond donors (Lipinski definition) is 2. The van der Waals surface area contributed by atoms with Crippen LogP contribution in [0.1, 0.15) is 26.2 Å². The van der Waals surface area contributed by atoms with Gasteiger partial charge in [0, 0.05) is 19.6 Å². The first-order valence-electron chi connectivity index (χ1n) is 4.22. The van der Waals surface area contributed by atoms with E-state index in [4.69, 9.17) is 17.0 Å². The maximum atomic E-state index is 5.37. The van der Waals surface area contributed by atoms with Crippen molar-refractivity contribution in [3.8, 4) is 12.3 Å². The van der Waals surface area contributed by atoms with E-state index in [1.54, 1.807) is 7.11 Å². The van der Waals surface area contributed by atoms with Crippen molar-refractivity contribution in [2.45, 2.75) is 38.3 Å². The lowest BCUT2D eigenvalue weighted by molar-refractivity contribution is 0.0630. The van der Waals surface area contributed by atoms with Gasteiger partial charge in [0.1, 0.15) is 0 Å². The van der Waals surface area contributed by atoms with Gasteiger partial charge in [0.05, 0.1) is 6.10 Å². The van der Waals surface area contributed by atoms with E-state index in [1.807, 2.05) is 0 Å². The first-order valence-corrected chi connectivity index (χ1v) is 4.22. The van der Waals surface area contributed by atoms with Crippen LogP contribution in [0.25, 0.3) is 0 Å². The van der Waals surface area contributed by atoms with Crippen LogP contribution in [0.2, 0.25) is 0 Å². The highest BCUT2D eigenvalue weighted by Crippen LogP contribution is 2.07. The van der Waals surface area contributed by atoms with Crippen LogP contribution in [0.15, 0.2) is 0 Å². The van der Waals surface area contributed by atoms with Crippen LogP contribution >= 0.6 is 0 Å². The first-order chi connectivity index (χ1) is 5.79. The van der Waals surface area contributed by atoms with E-state index >= 15 is 0 Å². The second kappa shape index (κ2) is 7.11. The summed E-state index contributed by atoms with van der Waals surface area (Å²) >= 11 is 0. The van der Waals surface area contributed by atoms with E-state index < -0.39 is 0 Å². The van der Waals surface area contributed by atoms with Crippen LogP contribution in [-0.4, -0.2) is 19.3 Å². The molecule has 0 spiro atoms. The summed E-state index contributed by atoms with van der Waals surface area (Å²) in [5.41, 5.74) is 2.72. The van der Waals surface area contributed by atoms with Crippen LogP contribution in [0.4, 0.5) is 0 Å². The number of nitrogens with two attached hydrogens (primary N) is 1. The molecule has 0 bridgehead atoms. The van der Waals surface area contributed by atoms with E-state index in [0.29, 0.717) is 0 Å². The standard InChI is InChI=1S/C9H18N2O/c1-4-6-7-8(11-10)9(5-2)12-3/h1,8-9,11H,5-7,10H2,2-3H3. The lowest BCUT2D eigenvalue weighted by atomic mass is 10.0. The zero-order valence-electron chi connectivity index (χ0n) is 7.84. The Bertz CT molecular complexity index is 138. The molecule has 0 aliphatic rings. The van der Waals surface area contributed by atoms with Crippen LogP contribution < -0.4 is 11.3 Å². The van der Waals surface area contributed by atoms with Crippen LogP contribution in [0.3, 0.4) is 0 Å². The van der Waals surface area contributed by atoms with E-state index in [1.165, 1.54) is 0 Å². The van der Waals surface area contributed by atoms with Crippen molar-refractivity contribution in [3.63, 3.8) is 0 Å². The third kappa shape index (κ3) is 3.72. The summed E-state index contributed by atoms with van der Waals surface area (Å²) in [5, 5.41) is 0. The van der Waals surface area contributed by atoms with Gasteiger partial charge in [0.2, 0.25) is 0 Å². The summed E-state index contributed by atoms with van der Waals surface area (Å²) in [7, 11) is 1.69. The highest BCUT2D eigenvalue weighted by atomic mass is 16.5. The van der Waals surface area contributed by atoms with Gasteiger partial charge < -0.3 is 4.74 Å². The highest BCUT2D eigenvalue weighted by Gasteiger charge is 2.16. The molecule has 12 heavy (non-hydrogen) atoms. The van der Waals surface area contributed by atoms with Gasteiger partial charge in [-0.25, -0.2) is 0 Å². The fourth-order valence-electron chi connectivity index (χ4n) is 1.23. The van der Waals surface area contributed by atoms with Gasteiger partial charge in [-0.2, -0.15) is 0 Å². The summed E-state index contributed by atoms with van der Waals surface area (Å²) in [4.78, 5) is 0. The smallest absolute Gasteiger partial charge is 0.0735 e. The molecule has 2 atom stereocenters. The van der Waals surface area contributed by atoms with Gasteiger partial charge in [-0.3, -0.25) is 11.3 Å².